The number of hydrogen-bond donors (Lipinski definition) is 2. The second kappa shape index (κ2) is 4.75. The van der Waals surface area contributed by atoms with Crippen molar-refractivity contribution in [1.82, 2.24) is 10.6 Å². The number of amides is 1. The lowest BCUT2D eigenvalue weighted by Gasteiger charge is -2.00. The maximum Gasteiger partial charge on any atom is 0.274 e. The van der Waals surface area contributed by atoms with E-state index >= 15 is 0 Å². The zero-order chi connectivity index (χ0) is 14.1. The smallest absolute Gasteiger partial charge is 0.274 e. The van der Waals surface area contributed by atoms with Gasteiger partial charge in [-0.2, -0.15) is 0 Å². The molecule has 0 saturated carbocycles. The average molecular weight is 272 g/mol. The molecule has 5 nitrogen and oxygen atoms in total. The molecule has 0 aliphatic heterocycles. The predicted molar refractivity (Wildman–Crippen MR) is 68.7 cm³/mol. The summed E-state index contributed by atoms with van der Waals surface area (Å²) in [6.45, 7) is 0. The summed E-state index contributed by atoms with van der Waals surface area (Å²) < 4.78 is 18.5. The van der Waals surface area contributed by atoms with Crippen molar-refractivity contribution in [2.45, 2.75) is 0 Å². The van der Waals surface area contributed by atoms with Gasteiger partial charge in [0, 0.05) is 11.1 Å². The Morgan fingerprint density at radius 1 is 1.25 bits per heavy atom. The fourth-order valence-electron chi connectivity index (χ4n) is 1.99. The number of hydrogen-bond acceptors (Lipinski definition) is 4. The molecule has 6 heteroatoms. The van der Waals surface area contributed by atoms with Gasteiger partial charge in [-0.05, 0) is 30.3 Å². The summed E-state index contributed by atoms with van der Waals surface area (Å²) >= 11 is 0. The third kappa shape index (κ3) is 2.02. The first-order valence-electron chi connectivity index (χ1n) is 5.79. The summed E-state index contributed by atoms with van der Waals surface area (Å²) in [4.78, 5) is 11.4. The molecule has 0 spiro atoms. The maximum atomic E-state index is 13.3. The summed E-state index contributed by atoms with van der Waals surface area (Å²) in [6, 6.07) is 10.5. The van der Waals surface area contributed by atoms with E-state index in [0.717, 1.165) is 0 Å². The fourth-order valence-corrected chi connectivity index (χ4v) is 1.99. The van der Waals surface area contributed by atoms with Crippen molar-refractivity contribution in [1.29, 1.82) is 0 Å². The summed E-state index contributed by atoms with van der Waals surface area (Å²) in [5, 5.41) is 13.1. The van der Waals surface area contributed by atoms with E-state index in [-0.39, 0.29) is 5.56 Å². The minimum atomic E-state index is -0.640. The summed E-state index contributed by atoms with van der Waals surface area (Å²) in [5.74, 6) is -0.665. The van der Waals surface area contributed by atoms with Crippen LogP contribution in [0.4, 0.5) is 4.39 Å². The van der Waals surface area contributed by atoms with Crippen LogP contribution in [0.25, 0.3) is 22.2 Å². The molecule has 1 aromatic heterocycles. The molecule has 2 N–H and O–H groups in total. The predicted octanol–water partition coefficient (Wildman–Crippen LogP) is 2.75. The van der Waals surface area contributed by atoms with Gasteiger partial charge in [-0.15, -0.1) is 0 Å². The molecule has 0 aliphatic carbocycles. The van der Waals surface area contributed by atoms with Gasteiger partial charge in [0.1, 0.15) is 11.3 Å². The van der Waals surface area contributed by atoms with Crippen LogP contribution in [-0.4, -0.2) is 16.3 Å². The van der Waals surface area contributed by atoms with Gasteiger partial charge in [-0.1, -0.05) is 17.3 Å². The number of nitrogens with one attached hydrogen (secondary N) is 1. The highest BCUT2D eigenvalue weighted by molar-refractivity contribution is 6.00. The molecule has 0 aliphatic rings. The number of halogens is 1. The molecular weight excluding hydrogens is 263 g/mol. The van der Waals surface area contributed by atoms with Crippen LogP contribution in [0, 0.1) is 5.82 Å². The SMILES string of the molecule is O=C(NO)c1ccc2noc(-c3cccc(F)c3)c2c1. The monoisotopic (exact) mass is 272 g/mol. The highest BCUT2D eigenvalue weighted by Gasteiger charge is 2.14. The molecule has 0 unspecified atom stereocenters. The first-order valence-corrected chi connectivity index (χ1v) is 5.79. The van der Waals surface area contributed by atoms with E-state index in [0.29, 0.717) is 22.2 Å². The molecule has 0 bridgehead atoms. The number of fused-ring (bicyclic) bond motifs is 1. The van der Waals surface area contributed by atoms with Crippen molar-refractivity contribution in [2.24, 2.45) is 0 Å². The van der Waals surface area contributed by atoms with Gasteiger partial charge in [0.2, 0.25) is 0 Å². The van der Waals surface area contributed by atoms with E-state index in [4.69, 9.17) is 9.73 Å². The number of carbonyl (C=O) groups is 1. The highest BCUT2D eigenvalue weighted by Crippen LogP contribution is 2.29. The van der Waals surface area contributed by atoms with Crippen LogP contribution < -0.4 is 5.48 Å². The molecule has 0 radical (unpaired) electrons. The molecule has 3 aromatic rings. The van der Waals surface area contributed by atoms with Crippen molar-refractivity contribution in [2.75, 3.05) is 0 Å². The van der Waals surface area contributed by atoms with Gasteiger partial charge in [-0.25, -0.2) is 9.87 Å². The van der Waals surface area contributed by atoms with Crippen LogP contribution in [0.1, 0.15) is 10.4 Å². The van der Waals surface area contributed by atoms with Crippen LogP contribution in [0.2, 0.25) is 0 Å². The molecule has 1 heterocycles. The molecule has 20 heavy (non-hydrogen) atoms. The van der Waals surface area contributed by atoms with Crippen molar-refractivity contribution in [3.05, 3.63) is 53.8 Å². The second-order valence-electron chi connectivity index (χ2n) is 4.19. The number of hydroxylamine groups is 1. The van der Waals surface area contributed by atoms with Crippen molar-refractivity contribution < 1.29 is 18.9 Å². The Morgan fingerprint density at radius 2 is 2.10 bits per heavy atom. The molecular formula is C14H9FN2O3. The lowest BCUT2D eigenvalue weighted by atomic mass is 10.1. The number of aromatic nitrogens is 1. The zero-order valence-corrected chi connectivity index (χ0v) is 10.1. The highest BCUT2D eigenvalue weighted by atomic mass is 19.1. The average Bonchev–Trinajstić information content (AvgIpc) is 2.89. The van der Waals surface area contributed by atoms with Gasteiger partial charge in [0.15, 0.2) is 5.76 Å². The van der Waals surface area contributed by atoms with Crippen LogP contribution in [0.3, 0.4) is 0 Å². The van der Waals surface area contributed by atoms with E-state index in [9.17, 15) is 9.18 Å². The molecule has 3 rings (SSSR count). The van der Waals surface area contributed by atoms with Crippen LogP contribution in [0.5, 0.6) is 0 Å². The van der Waals surface area contributed by atoms with E-state index in [1.165, 1.54) is 24.3 Å². The molecule has 0 saturated heterocycles. The molecule has 2 aromatic carbocycles. The summed E-state index contributed by atoms with van der Waals surface area (Å²) in [5.41, 5.74) is 2.87. The van der Waals surface area contributed by atoms with Gasteiger partial charge in [0.05, 0.1) is 5.39 Å². The third-order valence-corrected chi connectivity index (χ3v) is 2.93. The van der Waals surface area contributed by atoms with Gasteiger partial charge in [-0.3, -0.25) is 10.0 Å². The van der Waals surface area contributed by atoms with E-state index in [2.05, 4.69) is 5.16 Å². The first kappa shape index (κ1) is 12.3. The molecule has 0 fully saturated rings. The number of carbonyl (C=O) groups excluding carboxylic acids is 1. The van der Waals surface area contributed by atoms with E-state index in [1.54, 1.807) is 23.7 Å². The Kier molecular flexibility index (Phi) is 2.92. The number of benzene rings is 2. The summed E-state index contributed by atoms with van der Waals surface area (Å²) in [7, 11) is 0. The quantitative estimate of drug-likeness (QED) is 0.555. The lowest BCUT2D eigenvalue weighted by Crippen LogP contribution is -2.18. The Morgan fingerprint density at radius 3 is 2.85 bits per heavy atom. The van der Waals surface area contributed by atoms with E-state index < -0.39 is 11.7 Å². The second-order valence-corrected chi connectivity index (χ2v) is 4.19. The standard InChI is InChI=1S/C14H9FN2O3/c15-10-3-1-2-8(6-10)13-11-7-9(14(18)16-19)4-5-12(11)17-20-13/h1-7,19H,(H,16,18). The zero-order valence-electron chi connectivity index (χ0n) is 10.1. The molecule has 100 valence electrons. The maximum absolute atomic E-state index is 13.3. The summed E-state index contributed by atoms with van der Waals surface area (Å²) in [6.07, 6.45) is 0. The van der Waals surface area contributed by atoms with Gasteiger partial charge < -0.3 is 4.52 Å². The van der Waals surface area contributed by atoms with Crippen LogP contribution in [0.15, 0.2) is 47.0 Å². The molecule has 1 amide bonds. The fraction of sp³-hybridized carbons (Fsp3) is 0. The third-order valence-electron chi connectivity index (χ3n) is 2.93. The minimum Gasteiger partial charge on any atom is -0.355 e. The topological polar surface area (TPSA) is 75.4 Å². The Balaban J connectivity index is 2.19. The molecule has 0 atom stereocenters. The Hall–Kier alpha value is -2.73. The lowest BCUT2D eigenvalue weighted by molar-refractivity contribution is 0.0706. The minimum absolute atomic E-state index is 0.251. The van der Waals surface area contributed by atoms with Crippen molar-refractivity contribution in [3.8, 4) is 11.3 Å². The first-order chi connectivity index (χ1) is 9.69. The Bertz CT molecular complexity index is 798. The van der Waals surface area contributed by atoms with Crippen molar-refractivity contribution >= 4 is 16.8 Å². The van der Waals surface area contributed by atoms with Crippen LogP contribution in [-0.2, 0) is 0 Å². The Labute approximate surface area is 112 Å². The normalized spacial score (nSPS) is 10.7. The largest absolute Gasteiger partial charge is 0.355 e. The van der Waals surface area contributed by atoms with Crippen LogP contribution >= 0.6 is 0 Å². The number of nitrogens with zero attached hydrogens (tertiary/aromatic N) is 1. The van der Waals surface area contributed by atoms with Gasteiger partial charge in [0.25, 0.3) is 5.91 Å². The van der Waals surface area contributed by atoms with E-state index in [1.807, 2.05) is 0 Å². The number of rotatable bonds is 2. The van der Waals surface area contributed by atoms with Gasteiger partial charge >= 0.3 is 0 Å². The van der Waals surface area contributed by atoms with Crippen molar-refractivity contribution in [3.63, 3.8) is 0 Å².